The van der Waals surface area contributed by atoms with Crippen molar-refractivity contribution in [1.29, 1.82) is 0 Å². The zero-order chi connectivity index (χ0) is 16.9. The minimum atomic E-state index is 0.414. The quantitative estimate of drug-likeness (QED) is 0.768. The molecule has 0 N–H and O–H groups in total. The number of fused-ring (bicyclic) bond motifs is 1. The Bertz CT molecular complexity index is 755. The highest BCUT2D eigenvalue weighted by molar-refractivity contribution is 7.09. The van der Waals surface area contributed by atoms with E-state index in [0.717, 1.165) is 24.3 Å². The third kappa shape index (κ3) is 2.47. The number of ether oxygens (including phenoxy) is 1. The van der Waals surface area contributed by atoms with Gasteiger partial charge in [-0.1, -0.05) is 25.0 Å². The molecule has 2 heterocycles. The second-order valence-electron chi connectivity index (χ2n) is 8.10. The van der Waals surface area contributed by atoms with Crippen molar-refractivity contribution in [3.63, 3.8) is 0 Å². The van der Waals surface area contributed by atoms with E-state index in [1.54, 1.807) is 18.2 Å². The highest BCUT2D eigenvalue weighted by Gasteiger charge is 2.53. The zero-order valence-electron chi connectivity index (χ0n) is 15.0. The van der Waals surface area contributed by atoms with Gasteiger partial charge >= 0.3 is 0 Å². The van der Waals surface area contributed by atoms with Gasteiger partial charge < -0.3 is 4.74 Å². The van der Waals surface area contributed by atoms with Crippen LogP contribution in [0.1, 0.15) is 48.1 Å². The summed E-state index contributed by atoms with van der Waals surface area (Å²) in [6.07, 6.45) is 8.13. The molecule has 0 unspecified atom stereocenters. The van der Waals surface area contributed by atoms with Crippen molar-refractivity contribution in [3.05, 3.63) is 51.7 Å². The topological polar surface area (TPSA) is 12.5 Å². The third-order valence-corrected chi connectivity index (χ3v) is 7.96. The summed E-state index contributed by atoms with van der Waals surface area (Å²) in [5.41, 5.74) is 3.63. The van der Waals surface area contributed by atoms with Crippen LogP contribution in [0.2, 0.25) is 0 Å². The molecule has 2 aromatic rings. The lowest BCUT2D eigenvalue weighted by atomic mass is 9.52. The Balaban J connectivity index is 1.55. The van der Waals surface area contributed by atoms with Gasteiger partial charge in [0.2, 0.25) is 0 Å². The average molecular weight is 354 g/mol. The fourth-order valence-electron chi connectivity index (χ4n) is 5.99. The molecule has 3 aliphatic rings. The summed E-state index contributed by atoms with van der Waals surface area (Å²) >= 11 is 1.91. The van der Waals surface area contributed by atoms with Crippen LogP contribution in [0.3, 0.4) is 0 Å². The molecule has 2 aliphatic carbocycles. The highest BCUT2D eigenvalue weighted by atomic mass is 32.1. The van der Waals surface area contributed by atoms with Crippen LogP contribution in [-0.2, 0) is 18.4 Å². The fraction of sp³-hybridized carbons (Fsp3) is 0.545. The molecule has 5 rings (SSSR count). The molecule has 1 aliphatic heterocycles. The molecule has 0 amide bonds. The normalized spacial score (nSPS) is 31.2. The number of thiophene rings is 1. The number of benzene rings is 1. The number of rotatable bonds is 3. The Labute approximate surface area is 154 Å². The molecule has 2 nitrogen and oxygen atoms in total. The van der Waals surface area contributed by atoms with Gasteiger partial charge in [0.05, 0.1) is 7.11 Å². The molecule has 1 aromatic heterocycles. The zero-order valence-corrected chi connectivity index (χ0v) is 15.9. The predicted molar refractivity (Wildman–Crippen MR) is 103 cm³/mol. The molecule has 25 heavy (non-hydrogen) atoms. The van der Waals surface area contributed by atoms with Crippen LogP contribution < -0.4 is 4.74 Å². The summed E-state index contributed by atoms with van der Waals surface area (Å²) in [6.45, 7) is 2.39. The third-order valence-electron chi connectivity index (χ3n) is 7.10. The second-order valence-corrected chi connectivity index (χ2v) is 9.14. The molecule has 3 heteroatoms. The van der Waals surface area contributed by atoms with Crippen LogP contribution >= 0.6 is 11.3 Å². The largest absolute Gasteiger partial charge is 0.497 e. The van der Waals surface area contributed by atoms with Crippen LogP contribution in [-0.4, -0.2) is 24.6 Å². The van der Waals surface area contributed by atoms with Crippen molar-refractivity contribution in [2.75, 3.05) is 13.7 Å². The van der Waals surface area contributed by atoms with Gasteiger partial charge in [0.1, 0.15) is 5.75 Å². The molecule has 2 fully saturated rings. The predicted octanol–water partition coefficient (Wildman–Crippen LogP) is 5.02. The highest BCUT2D eigenvalue weighted by Crippen LogP contribution is 2.56. The van der Waals surface area contributed by atoms with Gasteiger partial charge in [0.25, 0.3) is 0 Å². The summed E-state index contributed by atoms with van der Waals surface area (Å²) in [5.74, 6) is 1.87. The second kappa shape index (κ2) is 6.14. The summed E-state index contributed by atoms with van der Waals surface area (Å²) in [7, 11) is 1.80. The molecule has 1 saturated carbocycles. The van der Waals surface area contributed by atoms with Crippen LogP contribution in [0.25, 0.3) is 0 Å². The van der Waals surface area contributed by atoms with E-state index in [1.165, 1.54) is 49.9 Å². The summed E-state index contributed by atoms with van der Waals surface area (Å²) in [6, 6.07) is 12.1. The Morgan fingerprint density at radius 2 is 2.20 bits per heavy atom. The van der Waals surface area contributed by atoms with E-state index in [0.29, 0.717) is 5.41 Å². The molecular formula is C22H27NOS. The maximum atomic E-state index is 5.58. The van der Waals surface area contributed by atoms with Gasteiger partial charge in [-0.05, 0) is 72.9 Å². The minimum absolute atomic E-state index is 0.414. The van der Waals surface area contributed by atoms with E-state index in [9.17, 15) is 0 Å². The molecular weight excluding hydrogens is 326 g/mol. The van der Waals surface area contributed by atoms with Gasteiger partial charge in [-0.2, -0.15) is 0 Å². The number of likely N-dealkylation sites (tertiary alicyclic amines) is 1. The Morgan fingerprint density at radius 3 is 3.04 bits per heavy atom. The molecule has 132 valence electrons. The standard InChI is InChI=1S/C22H27NOS/c1-24-17-8-7-16-13-21-19-6-2-3-9-22(19,20(16)14-17)10-11-23(21)15-18-5-4-12-25-18/h4-5,7-8,12,14,19,21H,2-3,6,9-11,13,15H2,1H3/t19-,21-,22+/m0/s1. The lowest BCUT2D eigenvalue weighted by Crippen LogP contribution is -2.60. The molecule has 0 spiro atoms. The van der Waals surface area contributed by atoms with Crippen LogP contribution in [0.4, 0.5) is 0 Å². The monoisotopic (exact) mass is 353 g/mol. The first-order valence-electron chi connectivity index (χ1n) is 9.74. The van der Waals surface area contributed by atoms with Crippen molar-refractivity contribution >= 4 is 11.3 Å². The molecule has 1 aromatic carbocycles. The maximum absolute atomic E-state index is 5.58. The van der Waals surface area contributed by atoms with E-state index < -0.39 is 0 Å². The van der Waals surface area contributed by atoms with E-state index in [-0.39, 0.29) is 0 Å². The Kier molecular flexibility index (Phi) is 3.90. The van der Waals surface area contributed by atoms with Crippen molar-refractivity contribution in [2.24, 2.45) is 5.92 Å². The van der Waals surface area contributed by atoms with E-state index in [1.807, 2.05) is 11.3 Å². The number of hydrogen-bond donors (Lipinski definition) is 0. The smallest absolute Gasteiger partial charge is 0.119 e. The lowest BCUT2D eigenvalue weighted by molar-refractivity contribution is -0.0152. The van der Waals surface area contributed by atoms with Gasteiger partial charge in [-0.25, -0.2) is 0 Å². The first-order chi connectivity index (χ1) is 12.3. The molecule has 3 atom stereocenters. The Morgan fingerprint density at radius 1 is 1.24 bits per heavy atom. The number of piperidine rings is 1. The molecule has 0 radical (unpaired) electrons. The maximum Gasteiger partial charge on any atom is 0.119 e. The number of nitrogens with zero attached hydrogens (tertiary/aromatic N) is 1. The average Bonchev–Trinajstić information content (AvgIpc) is 3.17. The van der Waals surface area contributed by atoms with Gasteiger partial charge in [0, 0.05) is 22.9 Å². The van der Waals surface area contributed by atoms with Gasteiger partial charge in [0.15, 0.2) is 0 Å². The number of methoxy groups -OCH3 is 1. The van der Waals surface area contributed by atoms with E-state index >= 15 is 0 Å². The van der Waals surface area contributed by atoms with Crippen molar-refractivity contribution in [2.45, 2.75) is 56.5 Å². The van der Waals surface area contributed by atoms with Gasteiger partial charge in [-0.15, -0.1) is 11.3 Å². The molecule has 2 bridgehead atoms. The summed E-state index contributed by atoms with van der Waals surface area (Å²) in [4.78, 5) is 4.32. The van der Waals surface area contributed by atoms with Gasteiger partial charge in [-0.3, -0.25) is 4.90 Å². The van der Waals surface area contributed by atoms with Crippen LogP contribution in [0.5, 0.6) is 5.75 Å². The SMILES string of the molecule is COc1ccc2c(c1)[C@@]13CCCC[C@H]1[C@H](C2)N(Cc1cccs1)CC3. The van der Waals surface area contributed by atoms with Crippen molar-refractivity contribution in [3.8, 4) is 5.75 Å². The lowest BCUT2D eigenvalue weighted by Gasteiger charge is -2.59. The first kappa shape index (κ1) is 15.9. The number of hydrogen-bond acceptors (Lipinski definition) is 3. The summed E-state index contributed by atoms with van der Waals surface area (Å²) < 4.78 is 5.58. The minimum Gasteiger partial charge on any atom is -0.497 e. The fourth-order valence-corrected chi connectivity index (χ4v) is 6.72. The van der Waals surface area contributed by atoms with E-state index in [4.69, 9.17) is 4.74 Å². The van der Waals surface area contributed by atoms with Crippen LogP contribution in [0.15, 0.2) is 35.7 Å². The Hall–Kier alpha value is -1.32. The van der Waals surface area contributed by atoms with Crippen molar-refractivity contribution < 1.29 is 4.74 Å². The first-order valence-corrected chi connectivity index (χ1v) is 10.6. The van der Waals surface area contributed by atoms with Crippen molar-refractivity contribution in [1.82, 2.24) is 4.90 Å². The molecule has 1 saturated heterocycles. The summed E-state index contributed by atoms with van der Waals surface area (Å²) in [5, 5.41) is 2.21. The van der Waals surface area contributed by atoms with E-state index in [2.05, 4.69) is 40.6 Å². The van der Waals surface area contributed by atoms with Crippen LogP contribution in [0, 0.1) is 5.92 Å².